The topological polar surface area (TPSA) is 51.7 Å². The molecule has 1 aliphatic heterocycles. The maximum atomic E-state index is 12.6. The molecule has 5 nitrogen and oxygen atoms in total. The predicted octanol–water partition coefficient (Wildman–Crippen LogP) is 4.43. The first kappa shape index (κ1) is 19.0. The van der Waals surface area contributed by atoms with Gasteiger partial charge < -0.3 is 14.4 Å². The molecule has 0 radical (unpaired) electrons. The minimum Gasteiger partial charge on any atom is -0.486 e. The van der Waals surface area contributed by atoms with Crippen molar-refractivity contribution in [1.82, 2.24) is 9.88 Å². The highest BCUT2D eigenvalue weighted by Crippen LogP contribution is 2.27. The van der Waals surface area contributed by atoms with Gasteiger partial charge in [-0.25, -0.2) is 0 Å². The number of rotatable bonds is 4. The highest BCUT2D eigenvalue weighted by atomic mass is 19.4. The first-order valence-corrected chi connectivity index (χ1v) is 9.04. The van der Waals surface area contributed by atoms with Crippen molar-refractivity contribution in [2.45, 2.75) is 18.9 Å². The number of aromatic nitrogens is 1. The van der Waals surface area contributed by atoms with Crippen molar-refractivity contribution in [2.75, 3.05) is 13.1 Å². The molecule has 0 saturated carbocycles. The molecule has 0 N–H and O–H groups in total. The van der Waals surface area contributed by atoms with Gasteiger partial charge in [0.15, 0.2) is 0 Å². The Hall–Kier alpha value is -3.29. The molecule has 8 heteroatoms. The van der Waals surface area contributed by atoms with Crippen LogP contribution in [-0.2, 0) is 0 Å². The molecular formula is C21H17F3N2O3. The van der Waals surface area contributed by atoms with E-state index in [-0.39, 0.29) is 17.8 Å². The Bertz CT molecular complexity index is 1020. The lowest BCUT2D eigenvalue weighted by Gasteiger charge is -2.18. The Labute approximate surface area is 164 Å². The number of amides is 1. The molecule has 1 atom stereocenters. The lowest BCUT2D eigenvalue weighted by molar-refractivity contribution is -0.274. The quantitative estimate of drug-likeness (QED) is 0.648. The normalized spacial score (nSPS) is 16.8. The van der Waals surface area contributed by atoms with Crippen LogP contribution < -0.4 is 9.47 Å². The van der Waals surface area contributed by atoms with E-state index in [0.717, 1.165) is 23.0 Å². The summed E-state index contributed by atoms with van der Waals surface area (Å²) >= 11 is 0. The molecule has 0 aliphatic carbocycles. The van der Waals surface area contributed by atoms with E-state index in [1.54, 1.807) is 11.1 Å². The fourth-order valence-electron chi connectivity index (χ4n) is 3.34. The first-order chi connectivity index (χ1) is 13.9. The van der Waals surface area contributed by atoms with Gasteiger partial charge in [-0.3, -0.25) is 9.78 Å². The second kappa shape index (κ2) is 7.62. The Kier molecular flexibility index (Phi) is 5.00. The molecule has 0 unspecified atom stereocenters. The van der Waals surface area contributed by atoms with E-state index in [2.05, 4.69) is 9.72 Å². The summed E-state index contributed by atoms with van der Waals surface area (Å²) in [6.45, 7) is 0.894. The van der Waals surface area contributed by atoms with Gasteiger partial charge in [-0.15, -0.1) is 13.2 Å². The fraction of sp³-hybridized carbons (Fsp3) is 0.238. The molecule has 4 rings (SSSR count). The zero-order valence-corrected chi connectivity index (χ0v) is 15.2. The maximum Gasteiger partial charge on any atom is 0.573 e. The molecular weight excluding hydrogens is 385 g/mol. The predicted molar refractivity (Wildman–Crippen MR) is 99.8 cm³/mol. The van der Waals surface area contributed by atoms with Crippen LogP contribution in [0.4, 0.5) is 13.2 Å². The van der Waals surface area contributed by atoms with E-state index in [1.165, 1.54) is 12.1 Å². The van der Waals surface area contributed by atoms with E-state index in [9.17, 15) is 18.0 Å². The fourth-order valence-corrected chi connectivity index (χ4v) is 3.34. The van der Waals surface area contributed by atoms with E-state index < -0.39 is 6.36 Å². The number of likely N-dealkylation sites (tertiary alicyclic amines) is 1. The van der Waals surface area contributed by atoms with Gasteiger partial charge in [0.05, 0.1) is 6.54 Å². The third-order valence-electron chi connectivity index (χ3n) is 4.66. The number of halogens is 3. The maximum absolute atomic E-state index is 12.6. The smallest absolute Gasteiger partial charge is 0.486 e. The molecule has 2 aromatic carbocycles. The summed E-state index contributed by atoms with van der Waals surface area (Å²) in [4.78, 5) is 18.6. The Morgan fingerprint density at radius 1 is 1.07 bits per heavy atom. The van der Waals surface area contributed by atoms with Gasteiger partial charge in [0.25, 0.3) is 5.91 Å². The minimum atomic E-state index is -4.76. The van der Waals surface area contributed by atoms with Crippen LogP contribution in [0.2, 0.25) is 0 Å². The van der Waals surface area contributed by atoms with E-state index >= 15 is 0 Å². The van der Waals surface area contributed by atoms with Gasteiger partial charge in [0, 0.05) is 30.1 Å². The second-order valence-corrected chi connectivity index (χ2v) is 6.68. The van der Waals surface area contributed by atoms with Gasteiger partial charge in [-0.1, -0.05) is 18.2 Å². The molecule has 0 spiro atoms. The van der Waals surface area contributed by atoms with Crippen molar-refractivity contribution >= 4 is 16.8 Å². The molecule has 0 bridgehead atoms. The highest BCUT2D eigenvalue weighted by Gasteiger charge is 2.32. The van der Waals surface area contributed by atoms with Gasteiger partial charge in [0.1, 0.15) is 23.1 Å². The number of carbonyl (C=O) groups is 1. The zero-order valence-electron chi connectivity index (χ0n) is 15.2. The summed E-state index contributed by atoms with van der Waals surface area (Å²) < 4.78 is 46.7. The van der Waals surface area contributed by atoms with Gasteiger partial charge in [-0.2, -0.15) is 0 Å². The first-order valence-electron chi connectivity index (χ1n) is 9.04. The summed E-state index contributed by atoms with van der Waals surface area (Å²) in [6.07, 6.45) is -2.59. The second-order valence-electron chi connectivity index (χ2n) is 6.68. The molecule has 3 aromatic rings. The van der Waals surface area contributed by atoms with Crippen LogP contribution in [0.15, 0.2) is 60.8 Å². The summed E-state index contributed by atoms with van der Waals surface area (Å²) in [5, 5.41) is 0.970. The van der Waals surface area contributed by atoms with Crippen molar-refractivity contribution < 1.29 is 27.4 Å². The van der Waals surface area contributed by atoms with Gasteiger partial charge in [-0.05, 0) is 36.4 Å². The van der Waals surface area contributed by atoms with Crippen LogP contribution in [0.5, 0.6) is 11.5 Å². The van der Waals surface area contributed by atoms with Gasteiger partial charge >= 0.3 is 6.36 Å². The Morgan fingerprint density at radius 2 is 1.83 bits per heavy atom. The average Bonchev–Trinajstić information content (AvgIpc) is 3.16. The van der Waals surface area contributed by atoms with E-state index in [4.69, 9.17) is 4.74 Å². The summed E-state index contributed by atoms with van der Waals surface area (Å²) in [7, 11) is 0. The lowest BCUT2D eigenvalue weighted by Crippen LogP contribution is -2.31. The van der Waals surface area contributed by atoms with Crippen LogP contribution in [-0.4, -0.2) is 41.3 Å². The molecule has 1 aliphatic rings. The summed E-state index contributed by atoms with van der Waals surface area (Å²) in [5.41, 5.74) is 1.06. The molecule has 1 fully saturated rings. The number of para-hydroxylation sites is 1. The number of hydrogen-bond donors (Lipinski definition) is 0. The summed E-state index contributed by atoms with van der Waals surface area (Å²) in [6, 6.07) is 14.4. The number of pyridine rings is 1. The van der Waals surface area contributed by atoms with E-state index in [0.29, 0.717) is 30.8 Å². The lowest BCUT2D eigenvalue weighted by atomic mass is 10.2. The van der Waals surface area contributed by atoms with Crippen molar-refractivity contribution in [3.05, 3.63) is 66.4 Å². The monoisotopic (exact) mass is 402 g/mol. The molecule has 2 heterocycles. The SMILES string of the molecule is O=C(c1ccc(OC(F)(F)F)cc1)N1CC[C@H](Oc2cccc3cccnc23)C1. The number of carbonyl (C=O) groups excluding carboxylic acids is 1. The Balaban J connectivity index is 1.41. The average molecular weight is 402 g/mol. The van der Waals surface area contributed by atoms with Crippen LogP contribution in [0.3, 0.4) is 0 Å². The summed E-state index contributed by atoms with van der Waals surface area (Å²) in [5.74, 6) is 0.0434. The number of ether oxygens (including phenoxy) is 2. The van der Waals surface area contributed by atoms with Crippen molar-refractivity contribution in [3.8, 4) is 11.5 Å². The minimum absolute atomic E-state index is 0.181. The third kappa shape index (κ3) is 4.42. The number of nitrogens with zero attached hydrogens (tertiary/aromatic N) is 2. The number of alkyl halides is 3. The number of benzene rings is 2. The highest BCUT2D eigenvalue weighted by molar-refractivity contribution is 5.94. The number of fused-ring (bicyclic) bond motifs is 1. The van der Waals surface area contributed by atoms with Crippen molar-refractivity contribution in [3.63, 3.8) is 0 Å². The number of hydrogen-bond acceptors (Lipinski definition) is 4. The molecule has 1 aromatic heterocycles. The van der Waals surface area contributed by atoms with E-state index in [1.807, 2.05) is 30.3 Å². The standard InChI is InChI=1S/C21H17F3N2O3/c22-21(23,24)29-16-8-6-15(7-9-16)20(27)26-12-10-17(13-26)28-18-5-1-3-14-4-2-11-25-19(14)18/h1-9,11,17H,10,12-13H2/t17-/m0/s1. The molecule has 150 valence electrons. The Morgan fingerprint density at radius 3 is 2.59 bits per heavy atom. The van der Waals surface area contributed by atoms with Crippen LogP contribution in [0, 0.1) is 0 Å². The van der Waals surface area contributed by atoms with Crippen LogP contribution in [0.1, 0.15) is 16.8 Å². The largest absolute Gasteiger partial charge is 0.573 e. The van der Waals surface area contributed by atoms with Crippen molar-refractivity contribution in [1.29, 1.82) is 0 Å². The molecule has 29 heavy (non-hydrogen) atoms. The van der Waals surface area contributed by atoms with Crippen LogP contribution in [0.25, 0.3) is 10.9 Å². The molecule has 1 amide bonds. The van der Waals surface area contributed by atoms with Crippen LogP contribution >= 0.6 is 0 Å². The van der Waals surface area contributed by atoms with Crippen molar-refractivity contribution in [2.24, 2.45) is 0 Å². The molecule has 1 saturated heterocycles. The van der Waals surface area contributed by atoms with Gasteiger partial charge in [0.2, 0.25) is 0 Å². The zero-order chi connectivity index (χ0) is 20.4. The third-order valence-corrected chi connectivity index (χ3v) is 4.66.